The maximum absolute atomic E-state index is 12.7. The fraction of sp³-hybridized carbons (Fsp3) is 0.269. The number of carbonyl (C=O) groups is 4. The van der Waals surface area contributed by atoms with Gasteiger partial charge in [-0.15, -0.1) is 0 Å². The average Bonchev–Trinajstić information content (AvgIpc) is 2.86. The van der Waals surface area contributed by atoms with Crippen LogP contribution >= 0.6 is 0 Å². The normalized spacial score (nSPS) is 18.0. The molecular weight excluding hydrogens is 480 g/mol. The van der Waals surface area contributed by atoms with Crippen molar-refractivity contribution in [2.24, 2.45) is 5.73 Å². The molecular formula is C26H26N4O7. The van der Waals surface area contributed by atoms with Crippen molar-refractivity contribution in [1.82, 2.24) is 16.0 Å². The molecule has 37 heavy (non-hydrogen) atoms. The van der Waals surface area contributed by atoms with E-state index in [1.165, 1.54) is 19.2 Å². The van der Waals surface area contributed by atoms with Gasteiger partial charge < -0.3 is 30.8 Å². The van der Waals surface area contributed by atoms with Crippen LogP contribution in [0.1, 0.15) is 17.5 Å². The van der Waals surface area contributed by atoms with E-state index in [9.17, 15) is 24.0 Å². The molecule has 0 unspecified atom stereocenters. The number of amides is 4. The van der Waals surface area contributed by atoms with E-state index < -0.39 is 53.8 Å². The minimum atomic E-state index is -1.17. The van der Waals surface area contributed by atoms with Crippen LogP contribution in [-0.2, 0) is 32.0 Å². The number of primary amides is 1. The molecule has 4 rings (SSSR count). The topological polar surface area (TPSA) is 170 Å². The monoisotopic (exact) mass is 506 g/mol. The highest BCUT2D eigenvalue weighted by molar-refractivity contribution is 5.99. The summed E-state index contributed by atoms with van der Waals surface area (Å²) in [5.41, 5.74) is 6.44. The van der Waals surface area contributed by atoms with Crippen LogP contribution in [0.15, 0.2) is 63.8 Å². The second-order valence-corrected chi connectivity index (χ2v) is 8.70. The molecule has 11 heteroatoms. The van der Waals surface area contributed by atoms with Crippen LogP contribution in [0.3, 0.4) is 0 Å². The zero-order valence-corrected chi connectivity index (χ0v) is 20.0. The molecule has 1 aliphatic heterocycles. The lowest BCUT2D eigenvalue weighted by molar-refractivity contribution is -0.138. The van der Waals surface area contributed by atoms with Gasteiger partial charge in [-0.2, -0.15) is 0 Å². The molecule has 1 aromatic heterocycles. The Morgan fingerprint density at radius 1 is 1.03 bits per heavy atom. The van der Waals surface area contributed by atoms with Crippen molar-refractivity contribution in [3.05, 3.63) is 76.1 Å². The third-order valence-corrected chi connectivity index (χ3v) is 6.08. The predicted molar refractivity (Wildman–Crippen MR) is 132 cm³/mol. The number of fused-ring (bicyclic) bond motifs is 1. The van der Waals surface area contributed by atoms with Crippen molar-refractivity contribution in [3.63, 3.8) is 0 Å². The minimum Gasteiger partial charge on any atom is -0.497 e. The van der Waals surface area contributed by atoms with Crippen molar-refractivity contribution in [1.29, 1.82) is 0 Å². The van der Waals surface area contributed by atoms with Crippen LogP contribution in [0.5, 0.6) is 5.75 Å². The number of hydrogen-bond acceptors (Lipinski definition) is 7. The SMILES string of the molecule is COc1ccc2c(C[C@@H](NC(=O)C[C@@H]3NC(=O)[C@H](Cc4ccccc4)NC3=O)C(N)=O)cc(=O)oc2c1. The molecule has 0 aliphatic carbocycles. The highest BCUT2D eigenvalue weighted by atomic mass is 16.5. The van der Waals surface area contributed by atoms with E-state index in [1.807, 2.05) is 30.3 Å². The lowest BCUT2D eigenvalue weighted by Gasteiger charge is -2.29. The lowest BCUT2D eigenvalue weighted by Crippen LogP contribution is -2.63. The minimum absolute atomic E-state index is 0.0854. The average molecular weight is 507 g/mol. The first-order valence-electron chi connectivity index (χ1n) is 11.6. The molecule has 3 atom stereocenters. The van der Waals surface area contributed by atoms with Gasteiger partial charge in [-0.1, -0.05) is 30.3 Å². The molecule has 2 aromatic carbocycles. The quantitative estimate of drug-likeness (QED) is 0.294. The summed E-state index contributed by atoms with van der Waals surface area (Å²) in [6.45, 7) is 0. The van der Waals surface area contributed by atoms with Crippen LogP contribution in [-0.4, -0.2) is 48.9 Å². The van der Waals surface area contributed by atoms with E-state index >= 15 is 0 Å². The number of benzene rings is 2. The smallest absolute Gasteiger partial charge is 0.336 e. The molecule has 4 amide bonds. The fourth-order valence-corrected chi connectivity index (χ4v) is 4.20. The second kappa shape index (κ2) is 10.9. The molecule has 0 bridgehead atoms. The van der Waals surface area contributed by atoms with Crippen molar-refractivity contribution in [2.45, 2.75) is 37.4 Å². The number of ether oxygens (including phenoxy) is 1. The van der Waals surface area contributed by atoms with E-state index in [0.717, 1.165) is 5.56 Å². The predicted octanol–water partition coefficient (Wildman–Crippen LogP) is -0.0698. The summed E-state index contributed by atoms with van der Waals surface area (Å²) in [5, 5.41) is 8.26. The third kappa shape index (κ3) is 6.13. The number of methoxy groups -OCH3 is 1. The van der Waals surface area contributed by atoms with Gasteiger partial charge in [0.1, 0.15) is 29.5 Å². The molecule has 3 aromatic rings. The number of nitrogens with one attached hydrogen (secondary N) is 3. The van der Waals surface area contributed by atoms with Crippen LogP contribution in [0.4, 0.5) is 0 Å². The second-order valence-electron chi connectivity index (χ2n) is 8.70. The highest BCUT2D eigenvalue weighted by Gasteiger charge is 2.35. The summed E-state index contributed by atoms with van der Waals surface area (Å²) in [6, 6.07) is 12.3. The van der Waals surface area contributed by atoms with Crippen LogP contribution < -0.4 is 32.0 Å². The maximum atomic E-state index is 12.7. The van der Waals surface area contributed by atoms with E-state index in [1.54, 1.807) is 12.1 Å². The van der Waals surface area contributed by atoms with Gasteiger partial charge in [-0.25, -0.2) is 4.79 Å². The molecule has 2 heterocycles. The van der Waals surface area contributed by atoms with Gasteiger partial charge >= 0.3 is 5.63 Å². The molecule has 1 aliphatic rings. The molecule has 192 valence electrons. The van der Waals surface area contributed by atoms with Crippen LogP contribution in [0.2, 0.25) is 0 Å². The Labute approximate surface area is 211 Å². The van der Waals surface area contributed by atoms with Gasteiger partial charge in [0, 0.05) is 30.4 Å². The van der Waals surface area contributed by atoms with Crippen molar-refractivity contribution < 1.29 is 28.3 Å². The van der Waals surface area contributed by atoms with E-state index in [-0.39, 0.29) is 12.0 Å². The standard InChI is InChI=1S/C26H26N4O7/c1-36-16-7-8-17-15(11-23(32)37-21(17)12-16)10-18(24(27)33)28-22(31)13-20-26(35)29-19(25(34)30-20)9-14-5-3-2-4-6-14/h2-8,11-12,18-20H,9-10,13H2,1H3,(H2,27,33)(H,28,31)(H,29,35)(H,30,34)/t18-,19+,20+/m1/s1. The van der Waals surface area contributed by atoms with E-state index in [0.29, 0.717) is 23.1 Å². The molecule has 5 N–H and O–H groups in total. The Hall–Kier alpha value is -4.67. The Balaban J connectivity index is 1.41. The molecule has 1 saturated heterocycles. The Morgan fingerprint density at radius 2 is 1.73 bits per heavy atom. The number of nitrogens with two attached hydrogens (primary N) is 1. The first-order chi connectivity index (χ1) is 17.7. The Kier molecular flexibility index (Phi) is 7.52. The van der Waals surface area contributed by atoms with Crippen molar-refractivity contribution in [2.75, 3.05) is 7.11 Å². The summed E-state index contributed by atoms with van der Waals surface area (Å²) < 4.78 is 10.4. The first kappa shape index (κ1) is 25.4. The Morgan fingerprint density at radius 3 is 2.43 bits per heavy atom. The van der Waals surface area contributed by atoms with E-state index in [4.69, 9.17) is 14.9 Å². The van der Waals surface area contributed by atoms with Gasteiger partial charge in [-0.3, -0.25) is 19.2 Å². The highest BCUT2D eigenvalue weighted by Crippen LogP contribution is 2.23. The van der Waals surface area contributed by atoms with Gasteiger partial charge in [-0.05, 0) is 23.3 Å². The summed E-state index contributed by atoms with van der Waals surface area (Å²) in [6.07, 6.45) is -0.169. The Bertz CT molecular complexity index is 1400. The first-order valence-corrected chi connectivity index (χ1v) is 11.6. The van der Waals surface area contributed by atoms with Crippen molar-refractivity contribution in [3.8, 4) is 5.75 Å². The molecule has 0 radical (unpaired) electrons. The largest absolute Gasteiger partial charge is 0.497 e. The summed E-state index contributed by atoms with van der Waals surface area (Å²) >= 11 is 0. The van der Waals surface area contributed by atoms with E-state index in [2.05, 4.69) is 16.0 Å². The fourth-order valence-electron chi connectivity index (χ4n) is 4.20. The molecule has 0 spiro atoms. The molecule has 11 nitrogen and oxygen atoms in total. The van der Waals surface area contributed by atoms with Crippen molar-refractivity contribution >= 4 is 34.6 Å². The van der Waals surface area contributed by atoms with Gasteiger partial charge in [0.25, 0.3) is 0 Å². The van der Waals surface area contributed by atoms with Crippen LogP contribution in [0.25, 0.3) is 11.0 Å². The van der Waals surface area contributed by atoms with Gasteiger partial charge in [0.15, 0.2) is 0 Å². The number of rotatable bonds is 9. The summed E-state index contributed by atoms with van der Waals surface area (Å²) in [4.78, 5) is 62.0. The van der Waals surface area contributed by atoms with Crippen LogP contribution in [0, 0.1) is 0 Å². The zero-order chi connectivity index (χ0) is 26.5. The van der Waals surface area contributed by atoms with Gasteiger partial charge in [0.2, 0.25) is 23.6 Å². The number of carbonyl (C=O) groups excluding carboxylic acids is 4. The number of hydrogen-bond donors (Lipinski definition) is 4. The zero-order valence-electron chi connectivity index (χ0n) is 20.0. The van der Waals surface area contributed by atoms with Gasteiger partial charge in [0.05, 0.1) is 13.5 Å². The lowest BCUT2D eigenvalue weighted by atomic mass is 10.00. The summed E-state index contributed by atoms with van der Waals surface area (Å²) in [5.74, 6) is -1.94. The third-order valence-electron chi connectivity index (χ3n) is 6.08. The summed E-state index contributed by atoms with van der Waals surface area (Å²) in [7, 11) is 1.47. The molecule has 0 saturated carbocycles. The maximum Gasteiger partial charge on any atom is 0.336 e. The number of piperazine rings is 1. The molecule has 1 fully saturated rings.